The minimum atomic E-state index is -0.204. The number of rotatable bonds is 6. The van der Waals surface area contributed by atoms with Gasteiger partial charge in [0.1, 0.15) is 10.1 Å². The average molecular weight is 557 g/mol. The van der Waals surface area contributed by atoms with Crippen LogP contribution in [0, 0.1) is 0 Å². The molecule has 3 heterocycles. The Labute approximate surface area is 237 Å². The van der Waals surface area contributed by atoms with E-state index in [0.29, 0.717) is 27.2 Å². The molecule has 2 saturated heterocycles. The van der Waals surface area contributed by atoms with E-state index in [1.807, 2.05) is 18.2 Å². The quantitative estimate of drug-likeness (QED) is 0.356. The van der Waals surface area contributed by atoms with Crippen LogP contribution in [0.1, 0.15) is 16.7 Å². The summed E-state index contributed by atoms with van der Waals surface area (Å²) in [5.74, 6) is 0.356. The molecule has 6 rings (SSSR count). The molecule has 0 bridgehead atoms. The number of nitrogens with zero attached hydrogens (tertiary/aromatic N) is 3. The van der Waals surface area contributed by atoms with Crippen molar-refractivity contribution in [3.63, 3.8) is 0 Å². The lowest BCUT2D eigenvalue weighted by Gasteiger charge is -2.36. The van der Waals surface area contributed by atoms with E-state index >= 15 is 0 Å². The Kier molecular flexibility index (Phi) is 7.36. The molecule has 198 valence electrons. The molecule has 7 nitrogen and oxygen atoms in total. The maximum atomic E-state index is 12.9. The molecule has 0 aliphatic carbocycles. The molecule has 0 atom stereocenters. The predicted molar refractivity (Wildman–Crippen MR) is 160 cm³/mol. The second kappa shape index (κ2) is 11.2. The number of carbonyl (C=O) groups is 2. The Morgan fingerprint density at radius 2 is 1.62 bits per heavy atom. The number of thiocarbonyl (C=S) groups is 1. The summed E-state index contributed by atoms with van der Waals surface area (Å²) < 4.78 is 6.13. The van der Waals surface area contributed by atoms with Crippen LogP contribution in [-0.4, -0.2) is 53.8 Å². The van der Waals surface area contributed by atoms with Crippen molar-refractivity contribution in [1.29, 1.82) is 0 Å². The molecular weight excluding hydrogens is 528 g/mol. The monoisotopic (exact) mass is 556 g/mol. The summed E-state index contributed by atoms with van der Waals surface area (Å²) in [5.41, 5.74) is 5.11. The first-order valence-corrected chi connectivity index (χ1v) is 14.2. The van der Waals surface area contributed by atoms with Crippen molar-refractivity contribution in [2.75, 3.05) is 42.6 Å². The number of hydrogen-bond acceptors (Lipinski definition) is 7. The highest BCUT2D eigenvalue weighted by molar-refractivity contribution is 8.26. The topological polar surface area (TPSA) is 65.1 Å². The number of thioether (sulfide) groups is 1. The smallest absolute Gasteiger partial charge is 0.265 e. The molecule has 3 aromatic rings. The number of amides is 2. The number of carbonyl (C=O) groups excluding carboxylic acids is 2. The first-order valence-electron chi connectivity index (χ1n) is 12.9. The third-order valence-corrected chi connectivity index (χ3v) is 8.29. The highest BCUT2D eigenvalue weighted by Gasteiger charge is 2.27. The van der Waals surface area contributed by atoms with Crippen molar-refractivity contribution in [3.8, 4) is 5.75 Å². The van der Waals surface area contributed by atoms with Gasteiger partial charge in [-0.1, -0.05) is 72.5 Å². The summed E-state index contributed by atoms with van der Waals surface area (Å²) in [6.07, 6.45) is 1.78. The van der Waals surface area contributed by atoms with Crippen LogP contribution in [0.5, 0.6) is 5.75 Å². The SMILES string of the molecule is O=C1NC(=S)S/C1=C/c1ccc2c(c1)N(Cc1ccc(CN3CCN(c4ccccc4)CC3)cc1)C(=O)CO2. The molecular formula is C30H28N4O3S2. The largest absolute Gasteiger partial charge is 0.482 e. The second-order valence-electron chi connectivity index (χ2n) is 9.76. The lowest BCUT2D eigenvalue weighted by atomic mass is 10.1. The van der Waals surface area contributed by atoms with E-state index in [4.69, 9.17) is 17.0 Å². The number of para-hydroxylation sites is 1. The van der Waals surface area contributed by atoms with Gasteiger partial charge < -0.3 is 19.9 Å². The molecule has 0 spiro atoms. The van der Waals surface area contributed by atoms with Crippen LogP contribution in [0.15, 0.2) is 77.7 Å². The van der Waals surface area contributed by atoms with Crippen molar-refractivity contribution in [1.82, 2.24) is 10.2 Å². The molecule has 1 N–H and O–H groups in total. The van der Waals surface area contributed by atoms with Gasteiger partial charge in [0, 0.05) is 38.4 Å². The number of anilines is 2. The van der Waals surface area contributed by atoms with Crippen molar-refractivity contribution < 1.29 is 14.3 Å². The van der Waals surface area contributed by atoms with Gasteiger partial charge in [0.2, 0.25) is 0 Å². The van der Waals surface area contributed by atoms with Gasteiger partial charge in [-0.15, -0.1) is 0 Å². The first kappa shape index (κ1) is 25.6. The summed E-state index contributed by atoms with van der Waals surface area (Å²) in [6, 6.07) is 24.7. The van der Waals surface area contributed by atoms with Gasteiger partial charge >= 0.3 is 0 Å². The Bertz CT molecular complexity index is 1430. The van der Waals surface area contributed by atoms with Crippen molar-refractivity contribution >= 4 is 57.6 Å². The summed E-state index contributed by atoms with van der Waals surface area (Å²) >= 11 is 6.32. The lowest BCUT2D eigenvalue weighted by molar-refractivity contribution is -0.121. The third kappa shape index (κ3) is 5.85. The van der Waals surface area contributed by atoms with Crippen LogP contribution in [0.25, 0.3) is 6.08 Å². The summed E-state index contributed by atoms with van der Waals surface area (Å²) in [6.45, 7) is 5.47. The van der Waals surface area contributed by atoms with Crippen molar-refractivity contribution in [3.05, 3.63) is 94.4 Å². The van der Waals surface area contributed by atoms with Crippen LogP contribution in [0.4, 0.5) is 11.4 Å². The Morgan fingerprint density at radius 1 is 0.897 bits per heavy atom. The molecule has 0 aromatic heterocycles. The molecule has 9 heteroatoms. The average Bonchev–Trinajstić information content (AvgIpc) is 3.28. The Hall–Kier alpha value is -3.66. The minimum Gasteiger partial charge on any atom is -0.482 e. The molecule has 2 amide bonds. The maximum Gasteiger partial charge on any atom is 0.265 e. The molecule has 3 aliphatic rings. The number of ether oxygens (including phenoxy) is 1. The van der Waals surface area contributed by atoms with E-state index < -0.39 is 0 Å². The Balaban J connectivity index is 1.11. The standard InChI is InChI=1S/C30H28N4O3S2/c35-28-20-37-26-11-10-23(17-27-29(36)31-30(38)39-27)16-25(26)34(28)19-22-8-6-21(7-9-22)18-32-12-14-33(15-13-32)24-4-2-1-3-5-24/h1-11,16-17H,12-15,18-20H2,(H,31,36,38)/b27-17+. The van der Waals surface area contributed by atoms with Gasteiger partial charge in [-0.25, -0.2) is 0 Å². The van der Waals surface area contributed by atoms with Crippen LogP contribution < -0.4 is 19.9 Å². The second-order valence-corrected chi connectivity index (χ2v) is 11.5. The molecule has 0 saturated carbocycles. The number of hydrogen-bond donors (Lipinski definition) is 1. The zero-order chi connectivity index (χ0) is 26.8. The van der Waals surface area contributed by atoms with Crippen molar-refractivity contribution in [2.45, 2.75) is 13.1 Å². The van der Waals surface area contributed by atoms with Gasteiger partial charge in [0.15, 0.2) is 6.61 Å². The zero-order valence-electron chi connectivity index (χ0n) is 21.3. The van der Waals surface area contributed by atoms with Gasteiger partial charge in [-0.3, -0.25) is 14.5 Å². The summed E-state index contributed by atoms with van der Waals surface area (Å²) in [4.78, 5) is 32.2. The van der Waals surface area contributed by atoms with E-state index in [-0.39, 0.29) is 18.4 Å². The molecule has 0 radical (unpaired) electrons. The van der Waals surface area contributed by atoms with Crippen molar-refractivity contribution in [2.24, 2.45) is 0 Å². The number of nitrogens with one attached hydrogen (secondary N) is 1. The van der Waals surface area contributed by atoms with Crippen LogP contribution in [0.3, 0.4) is 0 Å². The highest BCUT2D eigenvalue weighted by Crippen LogP contribution is 2.36. The molecule has 2 fully saturated rings. The fourth-order valence-corrected chi connectivity index (χ4v) is 6.09. The van der Waals surface area contributed by atoms with Crippen LogP contribution >= 0.6 is 24.0 Å². The van der Waals surface area contributed by atoms with Crippen LogP contribution in [0.2, 0.25) is 0 Å². The molecule has 39 heavy (non-hydrogen) atoms. The van der Waals surface area contributed by atoms with E-state index in [1.165, 1.54) is 23.0 Å². The normalized spacial score (nSPS) is 18.8. The predicted octanol–water partition coefficient (Wildman–Crippen LogP) is 4.42. The summed E-state index contributed by atoms with van der Waals surface area (Å²) in [7, 11) is 0. The highest BCUT2D eigenvalue weighted by atomic mass is 32.2. The number of benzene rings is 3. The first-order chi connectivity index (χ1) is 19.0. The van der Waals surface area contributed by atoms with E-state index in [0.717, 1.165) is 43.9 Å². The number of fused-ring (bicyclic) bond motifs is 1. The van der Waals surface area contributed by atoms with Crippen LogP contribution in [-0.2, 0) is 22.7 Å². The van der Waals surface area contributed by atoms with E-state index in [2.05, 4.69) is 69.7 Å². The third-order valence-electron chi connectivity index (χ3n) is 7.13. The molecule has 0 unspecified atom stereocenters. The zero-order valence-corrected chi connectivity index (χ0v) is 23.0. The fourth-order valence-electron chi connectivity index (χ4n) is 5.05. The summed E-state index contributed by atoms with van der Waals surface area (Å²) in [5, 5.41) is 2.63. The Morgan fingerprint density at radius 3 is 2.31 bits per heavy atom. The lowest BCUT2D eigenvalue weighted by Crippen LogP contribution is -2.45. The maximum absolute atomic E-state index is 12.9. The van der Waals surface area contributed by atoms with Gasteiger partial charge in [0.05, 0.1) is 17.1 Å². The van der Waals surface area contributed by atoms with E-state index in [1.54, 1.807) is 11.0 Å². The van der Waals surface area contributed by atoms with E-state index in [9.17, 15) is 9.59 Å². The number of piperazine rings is 1. The van der Waals surface area contributed by atoms with Gasteiger partial charge in [0.25, 0.3) is 11.8 Å². The minimum absolute atomic E-state index is 0.00695. The molecule has 3 aromatic carbocycles. The molecule has 3 aliphatic heterocycles. The van der Waals surface area contributed by atoms with Gasteiger partial charge in [-0.05, 0) is 47.0 Å². The van der Waals surface area contributed by atoms with Gasteiger partial charge in [-0.2, -0.15) is 0 Å². The fraction of sp³-hybridized carbons (Fsp3) is 0.233.